The van der Waals surface area contributed by atoms with Gasteiger partial charge in [0.1, 0.15) is 5.75 Å². The zero-order valence-electron chi connectivity index (χ0n) is 11.2. The average molecular weight is 251 g/mol. The molecule has 1 heterocycles. The van der Waals surface area contributed by atoms with Crippen LogP contribution >= 0.6 is 0 Å². The second kappa shape index (κ2) is 6.96. The van der Waals surface area contributed by atoms with Gasteiger partial charge in [0, 0.05) is 31.2 Å². The summed E-state index contributed by atoms with van der Waals surface area (Å²) in [4.78, 5) is 15.5. The molecule has 0 atom stereocenters. The molecule has 5 nitrogen and oxygen atoms in total. The number of pyridine rings is 1. The molecule has 0 aliphatic carbocycles. The van der Waals surface area contributed by atoms with E-state index in [4.69, 9.17) is 0 Å². The third kappa shape index (κ3) is 4.71. The van der Waals surface area contributed by atoms with Crippen LogP contribution in [-0.4, -0.2) is 29.1 Å². The van der Waals surface area contributed by atoms with E-state index in [-0.39, 0.29) is 17.6 Å². The Bertz CT molecular complexity index is 405. The highest BCUT2D eigenvalue weighted by atomic mass is 16.3. The topological polar surface area (TPSA) is 74.2 Å². The Kier molecular flexibility index (Phi) is 5.58. The van der Waals surface area contributed by atoms with Crippen molar-refractivity contribution in [2.75, 3.05) is 13.1 Å². The number of aromatic nitrogens is 1. The van der Waals surface area contributed by atoms with Crippen molar-refractivity contribution in [3.05, 3.63) is 23.5 Å². The van der Waals surface area contributed by atoms with Crippen molar-refractivity contribution in [1.82, 2.24) is 15.6 Å². The van der Waals surface area contributed by atoms with Crippen molar-refractivity contribution in [1.29, 1.82) is 0 Å². The van der Waals surface area contributed by atoms with Crippen LogP contribution < -0.4 is 10.6 Å². The molecule has 0 bridgehead atoms. The number of aromatic hydroxyl groups is 1. The Morgan fingerprint density at radius 3 is 2.78 bits per heavy atom. The second-order valence-corrected chi connectivity index (χ2v) is 4.54. The van der Waals surface area contributed by atoms with E-state index < -0.39 is 0 Å². The van der Waals surface area contributed by atoms with Crippen LogP contribution in [0, 0.1) is 12.8 Å². The molecule has 0 unspecified atom stereocenters. The van der Waals surface area contributed by atoms with Crippen molar-refractivity contribution in [3.8, 4) is 5.75 Å². The minimum Gasteiger partial charge on any atom is -0.506 e. The van der Waals surface area contributed by atoms with Gasteiger partial charge in [0.15, 0.2) is 0 Å². The van der Waals surface area contributed by atoms with E-state index in [2.05, 4.69) is 15.6 Å². The predicted octanol–water partition coefficient (Wildman–Crippen LogP) is 0.957. The van der Waals surface area contributed by atoms with E-state index in [0.29, 0.717) is 25.3 Å². The molecule has 0 saturated carbocycles. The van der Waals surface area contributed by atoms with Crippen LogP contribution in [0.4, 0.5) is 0 Å². The smallest absolute Gasteiger partial charge is 0.222 e. The second-order valence-electron chi connectivity index (χ2n) is 4.54. The quantitative estimate of drug-likeness (QED) is 0.658. The van der Waals surface area contributed by atoms with E-state index in [1.54, 1.807) is 12.1 Å². The number of hydrogen-bond acceptors (Lipinski definition) is 4. The van der Waals surface area contributed by atoms with Gasteiger partial charge in [-0.15, -0.1) is 0 Å². The Hall–Kier alpha value is -1.62. The van der Waals surface area contributed by atoms with Gasteiger partial charge in [0.05, 0.1) is 5.69 Å². The zero-order valence-corrected chi connectivity index (χ0v) is 11.2. The molecule has 1 aromatic rings. The number of aryl methyl sites for hydroxylation is 1. The SMILES string of the molecule is Cc1ccc(O)c(CNCCNC(=O)C(C)C)n1. The van der Waals surface area contributed by atoms with Crippen LogP contribution in [0.25, 0.3) is 0 Å². The summed E-state index contributed by atoms with van der Waals surface area (Å²) in [7, 11) is 0. The molecule has 18 heavy (non-hydrogen) atoms. The maximum absolute atomic E-state index is 11.3. The van der Waals surface area contributed by atoms with Crippen molar-refractivity contribution in [2.45, 2.75) is 27.3 Å². The summed E-state index contributed by atoms with van der Waals surface area (Å²) < 4.78 is 0. The Balaban J connectivity index is 2.26. The van der Waals surface area contributed by atoms with Crippen molar-refractivity contribution in [2.24, 2.45) is 5.92 Å². The van der Waals surface area contributed by atoms with Gasteiger partial charge in [-0.2, -0.15) is 0 Å². The molecule has 0 fully saturated rings. The third-order valence-corrected chi connectivity index (χ3v) is 2.51. The molecule has 0 saturated heterocycles. The maximum Gasteiger partial charge on any atom is 0.222 e. The van der Waals surface area contributed by atoms with Gasteiger partial charge in [-0.3, -0.25) is 9.78 Å². The first kappa shape index (κ1) is 14.4. The summed E-state index contributed by atoms with van der Waals surface area (Å²) in [6, 6.07) is 3.40. The molecule has 5 heteroatoms. The van der Waals surface area contributed by atoms with Gasteiger partial charge >= 0.3 is 0 Å². The molecule has 3 N–H and O–H groups in total. The van der Waals surface area contributed by atoms with Crippen LogP contribution in [0.2, 0.25) is 0 Å². The van der Waals surface area contributed by atoms with Crippen LogP contribution in [-0.2, 0) is 11.3 Å². The van der Waals surface area contributed by atoms with Gasteiger partial charge < -0.3 is 15.7 Å². The Morgan fingerprint density at radius 1 is 1.39 bits per heavy atom. The van der Waals surface area contributed by atoms with Crippen molar-refractivity contribution < 1.29 is 9.90 Å². The van der Waals surface area contributed by atoms with Gasteiger partial charge in [0.2, 0.25) is 5.91 Å². The number of hydrogen-bond donors (Lipinski definition) is 3. The molecule has 0 aliphatic rings. The number of rotatable bonds is 6. The van der Waals surface area contributed by atoms with E-state index in [0.717, 1.165) is 5.69 Å². The fraction of sp³-hybridized carbons (Fsp3) is 0.538. The standard InChI is InChI=1S/C13H21N3O2/c1-9(2)13(18)15-7-6-14-8-11-12(17)5-4-10(3)16-11/h4-5,9,14,17H,6-8H2,1-3H3,(H,15,18). The predicted molar refractivity (Wildman–Crippen MR) is 70.2 cm³/mol. The highest BCUT2D eigenvalue weighted by Crippen LogP contribution is 2.13. The largest absolute Gasteiger partial charge is 0.506 e. The van der Waals surface area contributed by atoms with Crippen molar-refractivity contribution in [3.63, 3.8) is 0 Å². The van der Waals surface area contributed by atoms with Crippen molar-refractivity contribution >= 4 is 5.91 Å². The van der Waals surface area contributed by atoms with Crippen LogP contribution in [0.3, 0.4) is 0 Å². The maximum atomic E-state index is 11.3. The van der Waals surface area contributed by atoms with Crippen LogP contribution in [0.5, 0.6) is 5.75 Å². The molecule has 100 valence electrons. The summed E-state index contributed by atoms with van der Waals surface area (Å²) >= 11 is 0. The molecule has 0 radical (unpaired) electrons. The Labute approximate surface area is 108 Å². The molecule has 0 aromatic carbocycles. The summed E-state index contributed by atoms with van der Waals surface area (Å²) in [5, 5.41) is 15.5. The zero-order chi connectivity index (χ0) is 13.5. The minimum atomic E-state index is 0.00693. The number of carbonyl (C=O) groups is 1. The summed E-state index contributed by atoms with van der Waals surface area (Å²) in [6.45, 7) is 7.31. The lowest BCUT2D eigenvalue weighted by Gasteiger charge is -2.09. The van der Waals surface area contributed by atoms with Gasteiger partial charge in [-0.1, -0.05) is 13.8 Å². The van der Waals surface area contributed by atoms with Crippen LogP contribution in [0.1, 0.15) is 25.2 Å². The highest BCUT2D eigenvalue weighted by Gasteiger charge is 2.05. The monoisotopic (exact) mass is 251 g/mol. The molecular weight excluding hydrogens is 230 g/mol. The number of nitrogens with zero attached hydrogens (tertiary/aromatic N) is 1. The third-order valence-electron chi connectivity index (χ3n) is 2.51. The van der Waals surface area contributed by atoms with Crippen LogP contribution in [0.15, 0.2) is 12.1 Å². The Morgan fingerprint density at radius 2 is 2.11 bits per heavy atom. The molecular formula is C13H21N3O2. The van der Waals surface area contributed by atoms with E-state index in [9.17, 15) is 9.90 Å². The fourth-order valence-corrected chi connectivity index (χ4v) is 1.42. The van der Waals surface area contributed by atoms with Gasteiger partial charge in [-0.25, -0.2) is 0 Å². The average Bonchev–Trinajstić information content (AvgIpc) is 2.32. The van der Waals surface area contributed by atoms with E-state index >= 15 is 0 Å². The molecule has 0 spiro atoms. The first-order valence-corrected chi connectivity index (χ1v) is 6.14. The van der Waals surface area contributed by atoms with E-state index in [1.807, 2.05) is 20.8 Å². The summed E-state index contributed by atoms with van der Waals surface area (Å²) in [6.07, 6.45) is 0. The summed E-state index contributed by atoms with van der Waals surface area (Å²) in [5.41, 5.74) is 1.50. The lowest BCUT2D eigenvalue weighted by atomic mass is 10.2. The number of nitrogens with one attached hydrogen (secondary N) is 2. The van der Waals surface area contributed by atoms with Gasteiger partial charge in [0.25, 0.3) is 0 Å². The normalized spacial score (nSPS) is 10.7. The van der Waals surface area contributed by atoms with Gasteiger partial charge in [-0.05, 0) is 19.1 Å². The number of carbonyl (C=O) groups excluding carboxylic acids is 1. The fourth-order valence-electron chi connectivity index (χ4n) is 1.42. The lowest BCUT2D eigenvalue weighted by Crippen LogP contribution is -2.34. The molecule has 1 rings (SSSR count). The lowest BCUT2D eigenvalue weighted by molar-refractivity contribution is -0.123. The first-order chi connectivity index (χ1) is 8.50. The van der Waals surface area contributed by atoms with E-state index in [1.165, 1.54) is 0 Å². The number of amides is 1. The first-order valence-electron chi connectivity index (χ1n) is 6.14. The molecule has 1 aromatic heterocycles. The summed E-state index contributed by atoms with van der Waals surface area (Å²) in [5.74, 6) is 0.250. The molecule has 0 aliphatic heterocycles. The highest BCUT2D eigenvalue weighted by molar-refractivity contribution is 5.77. The molecule has 1 amide bonds. The minimum absolute atomic E-state index is 0.00693.